The first-order valence-electron chi connectivity index (χ1n) is 4.70. The van der Waals surface area contributed by atoms with Crippen LogP contribution in [0.4, 0.5) is 11.6 Å². The van der Waals surface area contributed by atoms with Crippen LogP contribution < -0.4 is 11.1 Å². The van der Waals surface area contributed by atoms with Crippen LogP contribution in [0.25, 0.3) is 0 Å². The van der Waals surface area contributed by atoms with Crippen LogP contribution in [0.1, 0.15) is 10.4 Å². The van der Waals surface area contributed by atoms with Crippen LogP contribution in [0.2, 0.25) is 0 Å². The number of pyridine rings is 2. The Hall–Kier alpha value is -2.43. The first kappa shape index (κ1) is 10.1. The summed E-state index contributed by atoms with van der Waals surface area (Å²) in [5.41, 5.74) is 5.92. The molecule has 0 bridgehead atoms. The quantitative estimate of drug-likeness (QED) is 0.789. The van der Waals surface area contributed by atoms with Crippen LogP contribution in [-0.2, 0) is 0 Å². The van der Waals surface area contributed by atoms with Crippen molar-refractivity contribution in [1.29, 1.82) is 0 Å². The second-order valence-electron chi connectivity index (χ2n) is 3.11. The zero-order valence-electron chi connectivity index (χ0n) is 8.42. The molecule has 0 atom stereocenters. The number of amides is 1. The topological polar surface area (TPSA) is 80.9 Å². The van der Waals surface area contributed by atoms with Crippen LogP contribution in [0.3, 0.4) is 0 Å². The van der Waals surface area contributed by atoms with Crippen LogP contribution >= 0.6 is 0 Å². The molecule has 0 radical (unpaired) electrons. The Morgan fingerprint density at radius 1 is 1.12 bits per heavy atom. The maximum Gasteiger partial charge on any atom is 0.260 e. The second-order valence-corrected chi connectivity index (χ2v) is 3.11. The number of nitrogens with zero attached hydrogens (tertiary/aromatic N) is 2. The highest BCUT2D eigenvalue weighted by Crippen LogP contribution is 2.09. The summed E-state index contributed by atoms with van der Waals surface area (Å²) in [5.74, 6) is 0.371. The maximum absolute atomic E-state index is 11.8. The molecule has 0 spiro atoms. The average molecular weight is 214 g/mol. The van der Waals surface area contributed by atoms with E-state index in [0.29, 0.717) is 11.4 Å². The zero-order chi connectivity index (χ0) is 11.4. The van der Waals surface area contributed by atoms with Crippen molar-refractivity contribution in [2.45, 2.75) is 0 Å². The van der Waals surface area contributed by atoms with E-state index in [1.54, 1.807) is 36.5 Å². The van der Waals surface area contributed by atoms with Crippen molar-refractivity contribution in [2.75, 3.05) is 11.1 Å². The van der Waals surface area contributed by atoms with Gasteiger partial charge in [0.15, 0.2) is 0 Å². The molecule has 3 N–H and O–H groups in total. The van der Waals surface area contributed by atoms with E-state index in [4.69, 9.17) is 5.73 Å². The first-order chi connectivity index (χ1) is 7.77. The van der Waals surface area contributed by atoms with Crippen molar-refractivity contribution in [1.82, 2.24) is 9.97 Å². The molecule has 80 valence electrons. The Morgan fingerprint density at radius 2 is 1.94 bits per heavy atom. The van der Waals surface area contributed by atoms with Crippen molar-refractivity contribution < 1.29 is 4.79 Å². The zero-order valence-corrected chi connectivity index (χ0v) is 8.42. The molecule has 2 heterocycles. The highest BCUT2D eigenvalue weighted by atomic mass is 16.1. The summed E-state index contributed by atoms with van der Waals surface area (Å²) in [6.07, 6.45) is 3.13. The summed E-state index contributed by atoms with van der Waals surface area (Å²) >= 11 is 0. The van der Waals surface area contributed by atoms with Gasteiger partial charge in [-0.3, -0.25) is 4.79 Å². The summed E-state index contributed by atoms with van der Waals surface area (Å²) in [6.45, 7) is 0. The molecule has 0 aromatic carbocycles. The minimum absolute atomic E-state index is 0.205. The Morgan fingerprint density at radius 3 is 2.62 bits per heavy atom. The Balaban J connectivity index is 2.19. The number of anilines is 2. The van der Waals surface area contributed by atoms with Gasteiger partial charge in [0.25, 0.3) is 5.91 Å². The SMILES string of the molecule is Nc1ncccc1C(=O)Nc1ccccn1. The normalized spacial score (nSPS) is 9.75. The molecule has 0 fully saturated rings. The third-order valence-electron chi connectivity index (χ3n) is 1.99. The molecule has 0 saturated heterocycles. The standard InChI is InChI=1S/C11H10N4O/c12-10-8(4-3-7-14-10)11(16)15-9-5-1-2-6-13-9/h1-7H,(H2,12,14)(H,13,15,16). The van der Waals surface area contributed by atoms with Crippen molar-refractivity contribution in [3.8, 4) is 0 Å². The van der Waals surface area contributed by atoms with Gasteiger partial charge in [0.2, 0.25) is 0 Å². The third-order valence-corrected chi connectivity index (χ3v) is 1.99. The van der Waals surface area contributed by atoms with E-state index < -0.39 is 0 Å². The van der Waals surface area contributed by atoms with Crippen LogP contribution in [0.5, 0.6) is 0 Å². The van der Waals surface area contributed by atoms with E-state index in [9.17, 15) is 4.79 Å². The molecule has 2 aromatic heterocycles. The fourth-order valence-corrected chi connectivity index (χ4v) is 1.23. The molecule has 0 saturated carbocycles. The van der Waals surface area contributed by atoms with Gasteiger partial charge in [-0.05, 0) is 24.3 Å². The largest absolute Gasteiger partial charge is 0.383 e. The van der Waals surface area contributed by atoms with E-state index in [2.05, 4.69) is 15.3 Å². The van der Waals surface area contributed by atoms with Gasteiger partial charge in [-0.2, -0.15) is 0 Å². The highest BCUT2D eigenvalue weighted by Gasteiger charge is 2.09. The lowest BCUT2D eigenvalue weighted by molar-refractivity contribution is 0.102. The number of nitrogen functional groups attached to an aromatic ring is 1. The first-order valence-corrected chi connectivity index (χ1v) is 4.70. The van der Waals surface area contributed by atoms with Gasteiger partial charge in [0, 0.05) is 12.4 Å². The number of carbonyl (C=O) groups excluding carboxylic acids is 1. The number of aromatic nitrogens is 2. The van der Waals surface area contributed by atoms with Gasteiger partial charge in [-0.15, -0.1) is 0 Å². The van der Waals surface area contributed by atoms with Crippen LogP contribution in [-0.4, -0.2) is 15.9 Å². The molecule has 5 heteroatoms. The van der Waals surface area contributed by atoms with Crippen molar-refractivity contribution in [3.05, 3.63) is 48.3 Å². The smallest absolute Gasteiger partial charge is 0.260 e. The Labute approximate surface area is 92.3 Å². The minimum Gasteiger partial charge on any atom is -0.383 e. The number of hydrogen-bond donors (Lipinski definition) is 2. The lowest BCUT2D eigenvalue weighted by Crippen LogP contribution is -2.15. The summed E-state index contributed by atoms with van der Waals surface area (Å²) in [7, 11) is 0. The number of hydrogen-bond acceptors (Lipinski definition) is 4. The van der Waals surface area contributed by atoms with E-state index >= 15 is 0 Å². The predicted octanol–water partition coefficient (Wildman–Crippen LogP) is 1.31. The molecule has 5 nitrogen and oxygen atoms in total. The Bertz CT molecular complexity index is 498. The fourth-order valence-electron chi connectivity index (χ4n) is 1.23. The fraction of sp³-hybridized carbons (Fsp3) is 0. The van der Waals surface area contributed by atoms with E-state index in [0.717, 1.165) is 0 Å². The van der Waals surface area contributed by atoms with Crippen LogP contribution in [0, 0.1) is 0 Å². The second kappa shape index (κ2) is 4.39. The molecule has 0 unspecified atom stereocenters. The molecule has 0 aliphatic heterocycles. The number of carbonyl (C=O) groups is 1. The van der Waals surface area contributed by atoms with Gasteiger partial charge in [0.05, 0.1) is 5.56 Å². The average Bonchev–Trinajstić information content (AvgIpc) is 2.31. The van der Waals surface area contributed by atoms with Crippen LogP contribution in [0.15, 0.2) is 42.7 Å². The van der Waals surface area contributed by atoms with Crippen molar-refractivity contribution >= 4 is 17.5 Å². The molecular formula is C11H10N4O. The molecule has 2 rings (SSSR count). The van der Waals surface area contributed by atoms with Crippen molar-refractivity contribution in [3.63, 3.8) is 0 Å². The molecule has 0 aliphatic rings. The van der Waals surface area contributed by atoms with Gasteiger partial charge in [0.1, 0.15) is 11.6 Å². The van der Waals surface area contributed by atoms with Gasteiger partial charge >= 0.3 is 0 Å². The van der Waals surface area contributed by atoms with E-state index in [1.807, 2.05) is 0 Å². The lowest BCUT2D eigenvalue weighted by Gasteiger charge is -2.05. The number of nitrogens with one attached hydrogen (secondary N) is 1. The van der Waals surface area contributed by atoms with E-state index in [1.165, 1.54) is 6.20 Å². The molecule has 1 amide bonds. The third kappa shape index (κ3) is 2.14. The van der Waals surface area contributed by atoms with E-state index in [-0.39, 0.29) is 11.7 Å². The maximum atomic E-state index is 11.8. The van der Waals surface area contributed by atoms with Gasteiger partial charge in [-0.25, -0.2) is 9.97 Å². The van der Waals surface area contributed by atoms with Gasteiger partial charge in [-0.1, -0.05) is 6.07 Å². The van der Waals surface area contributed by atoms with Gasteiger partial charge < -0.3 is 11.1 Å². The number of rotatable bonds is 2. The minimum atomic E-state index is -0.315. The Kier molecular flexibility index (Phi) is 2.77. The summed E-state index contributed by atoms with van der Waals surface area (Å²) < 4.78 is 0. The summed E-state index contributed by atoms with van der Waals surface area (Å²) in [4.78, 5) is 19.6. The summed E-state index contributed by atoms with van der Waals surface area (Å²) in [6, 6.07) is 8.53. The number of nitrogens with two attached hydrogens (primary N) is 1. The molecule has 2 aromatic rings. The van der Waals surface area contributed by atoms with Crippen molar-refractivity contribution in [2.24, 2.45) is 0 Å². The molecule has 0 aliphatic carbocycles. The highest BCUT2D eigenvalue weighted by molar-refractivity contribution is 6.06. The monoisotopic (exact) mass is 214 g/mol. The molecule has 16 heavy (non-hydrogen) atoms. The lowest BCUT2D eigenvalue weighted by atomic mass is 10.2. The predicted molar refractivity (Wildman–Crippen MR) is 60.8 cm³/mol. The molecular weight excluding hydrogens is 204 g/mol. The summed E-state index contributed by atoms with van der Waals surface area (Å²) in [5, 5.41) is 2.63.